The fraction of sp³-hybridized carbons (Fsp3) is 0.0556. The molecule has 1 atom stereocenters. The fourth-order valence-corrected chi connectivity index (χ4v) is 2.44. The van der Waals surface area contributed by atoms with Crippen molar-refractivity contribution in [2.24, 2.45) is 0 Å². The molecule has 0 fully saturated rings. The molecular formula is C18H13ClN6O2. The van der Waals surface area contributed by atoms with E-state index in [0.29, 0.717) is 16.3 Å². The number of nitriles is 1. The molecule has 2 aromatic carbocycles. The summed E-state index contributed by atoms with van der Waals surface area (Å²) in [5, 5.41) is 27.1. The molecule has 1 aromatic heterocycles. The molecule has 9 heteroatoms. The molecule has 1 unspecified atom stereocenters. The van der Waals surface area contributed by atoms with Crippen LogP contribution in [0.5, 0.6) is 0 Å². The molecule has 27 heavy (non-hydrogen) atoms. The Kier molecular flexibility index (Phi) is 5.44. The van der Waals surface area contributed by atoms with E-state index < -0.39 is 11.0 Å². The highest BCUT2D eigenvalue weighted by molar-refractivity contribution is 6.30. The maximum Gasteiger partial charge on any atom is 0.329 e. The van der Waals surface area contributed by atoms with Gasteiger partial charge in [-0.15, -0.1) is 0 Å². The standard InChI is InChI=1S/C18H13ClN6O2/c19-13-6-8-14(9-7-13)22-18-21-11-16(25(26)27)17(24-18)23-15(10-20)12-4-2-1-3-5-12/h1-9,11,15H,(H2,21,22,23,24). The van der Waals surface area contributed by atoms with Crippen molar-refractivity contribution in [1.82, 2.24) is 9.97 Å². The second-order valence-electron chi connectivity index (χ2n) is 5.43. The first kappa shape index (κ1) is 18.1. The molecule has 134 valence electrons. The van der Waals surface area contributed by atoms with Crippen LogP contribution >= 0.6 is 11.6 Å². The minimum absolute atomic E-state index is 0.0538. The fourth-order valence-electron chi connectivity index (χ4n) is 2.31. The summed E-state index contributed by atoms with van der Waals surface area (Å²) in [7, 11) is 0. The van der Waals surface area contributed by atoms with Crippen molar-refractivity contribution in [3.05, 3.63) is 81.5 Å². The van der Waals surface area contributed by atoms with Gasteiger partial charge in [-0.25, -0.2) is 4.98 Å². The third-order valence-electron chi connectivity index (χ3n) is 3.61. The summed E-state index contributed by atoms with van der Waals surface area (Å²) in [5.41, 5.74) is 1.01. The van der Waals surface area contributed by atoms with E-state index in [9.17, 15) is 15.4 Å². The first-order valence-electron chi connectivity index (χ1n) is 7.82. The first-order chi connectivity index (χ1) is 13.1. The predicted octanol–water partition coefficient (Wildman–Crippen LogP) is 4.46. The second-order valence-corrected chi connectivity index (χ2v) is 5.87. The molecule has 8 nitrogen and oxygen atoms in total. The van der Waals surface area contributed by atoms with Gasteiger partial charge in [-0.3, -0.25) is 10.1 Å². The largest absolute Gasteiger partial charge is 0.345 e. The lowest BCUT2D eigenvalue weighted by Crippen LogP contribution is -2.12. The summed E-state index contributed by atoms with van der Waals surface area (Å²) in [4.78, 5) is 18.8. The van der Waals surface area contributed by atoms with Gasteiger partial charge in [0.1, 0.15) is 12.2 Å². The van der Waals surface area contributed by atoms with Crippen molar-refractivity contribution in [3.8, 4) is 6.07 Å². The monoisotopic (exact) mass is 380 g/mol. The number of benzene rings is 2. The Morgan fingerprint density at radius 3 is 2.48 bits per heavy atom. The Balaban J connectivity index is 1.91. The highest BCUT2D eigenvalue weighted by Gasteiger charge is 2.21. The molecule has 0 bridgehead atoms. The summed E-state index contributed by atoms with van der Waals surface area (Å²) >= 11 is 5.85. The van der Waals surface area contributed by atoms with Crippen molar-refractivity contribution in [1.29, 1.82) is 5.26 Å². The van der Waals surface area contributed by atoms with E-state index in [0.717, 1.165) is 6.20 Å². The molecule has 0 saturated carbocycles. The Labute approximate surface area is 159 Å². The van der Waals surface area contributed by atoms with Crippen LogP contribution in [0, 0.1) is 21.4 Å². The van der Waals surface area contributed by atoms with Crippen molar-refractivity contribution in [3.63, 3.8) is 0 Å². The van der Waals surface area contributed by atoms with Crippen LogP contribution in [0.1, 0.15) is 11.6 Å². The average Bonchev–Trinajstić information content (AvgIpc) is 2.68. The number of anilines is 3. The number of nitro groups is 1. The quantitative estimate of drug-likeness (QED) is 0.478. The van der Waals surface area contributed by atoms with E-state index in [1.165, 1.54) is 0 Å². The van der Waals surface area contributed by atoms with E-state index in [1.807, 2.05) is 6.07 Å². The molecule has 0 saturated heterocycles. The van der Waals surface area contributed by atoms with Gasteiger partial charge in [-0.05, 0) is 29.8 Å². The van der Waals surface area contributed by atoms with Gasteiger partial charge in [-0.2, -0.15) is 10.2 Å². The zero-order chi connectivity index (χ0) is 19.2. The summed E-state index contributed by atoms with van der Waals surface area (Å²) in [6, 6.07) is 17.0. The van der Waals surface area contributed by atoms with E-state index in [2.05, 4.69) is 26.7 Å². The van der Waals surface area contributed by atoms with Crippen LogP contribution in [0.25, 0.3) is 0 Å². The normalized spacial score (nSPS) is 11.3. The highest BCUT2D eigenvalue weighted by atomic mass is 35.5. The van der Waals surface area contributed by atoms with Gasteiger partial charge in [0.15, 0.2) is 0 Å². The van der Waals surface area contributed by atoms with Gasteiger partial charge >= 0.3 is 5.69 Å². The number of hydrogen-bond acceptors (Lipinski definition) is 7. The lowest BCUT2D eigenvalue weighted by atomic mass is 10.1. The molecule has 0 spiro atoms. The smallest absolute Gasteiger partial charge is 0.329 e. The molecule has 2 N–H and O–H groups in total. The van der Waals surface area contributed by atoms with Crippen LogP contribution in [0.2, 0.25) is 5.02 Å². The van der Waals surface area contributed by atoms with Crippen LogP contribution in [0.3, 0.4) is 0 Å². The van der Waals surface area contributed by atoms with Crippen molar-refractivity contribution >= 4 is 34.7 Å². The third-order valence-corrected chi connectivity index (χ3v) is 3.86. The average molecular weight is 381 g/mol. The van der Waals surface area contributed by atoms with Crippen molar-refractivity contribution in [2.45, 2.75) is 6.04 Å². The van der Waals surface area contributed by atoms with Gasteiger partial charge in [0.25, 0.3) is 0 Å². The molecule has 3 rings (SSSR count). The molecule has 1 heterocycles. The number of aromatic nitrogens is 2. The van der Waals surface area contributed by atoms with Gasteiger partial charge in [-0.1, -0.05) is 41.9 Å². The third kappa shape index (κ3) is 4.48. The lowest BCUT2D eigenvalue weighted by Gasteiger charge is -2.13. The summed E-state index contributed by atoms with van der Waals surface area (Å²) in [6.07, 6.45) is 1.09. The number of halogens is 1. The van der Waals surface area contributed by atoms with Crippen LogP contribution in [-0.2, 0) is 0 Å². The van der Waals surface area contributed by atoms with Crippen LogP contribution in [-0.4, -0.2) is 14.9 Å². The summed E-state index contributed by atoms with van der Waals surface area (Å²) < 4.78 is 0. The topological polar surface area (TPSA) is 117 Å². The summed E-state index contributed by atoms with van der Waals surface area (Å²) in [5.74, 6) is 0.0945. The van der Waals surface area contributed by atoms with Gasteiger partial charge in [0.05, 0.1) is 11.0 Å². The van der Waals surface area contributed by atoms with Crippen LogP contribution in [0.15, 0.2) is 60.8 Å². The zero-order valence-corrected chi connectivity index (χ0v) is 14.6. The lowest BCUT2D eigenvalue weighted by molar-refractivity contribution is -0.384. The first-order valence-corrected chi connectivity index (χ1v) is 8.20. The minimum Gasteiger partial charge on any atom is -0.345 e. The maximum atomic E-state index is 11.3. The molecule has 3 aromatic rings. The molecule has 0 aliphatic carbocycles. The molecular weight excluding hydrogens is 368 g/mol. The number of rotatable bonds is 6. The number of hydrogen-bond donors (Lipinski definition) is 2. The van der Waals surface area contributed by atoms with E-state index in [-0.39, 0.29) is 17.5 Å². The Bertz CT molecular complexity index is 989. The highest BCUT2D eigenvalue weighted by Crippen LogP contribution is 2.27. The molecule has 0 aliphatic rings. The molecule has 0 amide bonds. The van der Waals surface area contributed by atoms with E-state index in [4.69, 9.17) is 11.6 Å². The van der Waals surface area contributed by atoms with E-state index in [1.54, 1.807) is 48.5 Å². The predicted molar refractivity (Wildman–Crippen MR) is 102 cm³/mol. The van der Waals surface area contributed by atoms with Crippen LogP contribution < -0.4 is 10.6 Å². The van der Waals surface area contributed by atoms with Crippen molar-refractivity contribution < 1.29 is 4.92 Å². The molecule has 0 radical (unpaired) electrons. The number of nitrogens with one attached hydrogen (secondary N) is 2. The summed E-state index contributed by atoms with van der Waals surface area (Å²) in [6.45, 7) is 0. The van der Waals surface area contributed by atoms with E-state index >= 15 is 0 Å². The second kappa shape index (κ2) is 8.12. The molecule has 0 aliphatic heterocycles. The van der Waals surface area contributed by atoms with Gasteiger partial charge in [0, 0.05) is 10.7 Å². The SMILES string of the molecule is N#CC(Nc1nc(Nc2ccc(Cl)cc2)ncc1[N+](=O)[O-])c1ccccc1. The zero-order valence-electron chi connectivity index (χ0n) is 13.8. The Hall–Kier alpha value is -3.70. The van der Waals surface area contributed by atoms with Crippen LogP contribution in [0.4, 0.5) is 23.1 Å². The van der Waals surface area contributed by atoms with Gasteiger partial charge in [0.2, 0.25) is 11.8 Å². The maximum absolute atomic E-state index is 11.3. The Morgan fingerprint density at radius 1 is 1.15 bits per heavy atom. The minimum atomic E-state index is -0.803. The van der Waals surface area contributed by atoms with Crippen molar-refractivity contribution in [2.75, 3.05) is 10.6 Å². The van der Waals surface area contributed by atoms with Gasteiger partial charge < -0.3 is 10.6 Å². The number of nitrogens with zero attached hydrogens (tertiary/aromatic N) is 4. The Morgan fingerprint density at radius 2 is 1.85 bits per heavy atom.